The van der Waals surface area contributed by atoms with E-state index in [4.69, 9.17) is 28.6 Å². The lowest BCUT2D eigenvalue weighted by Gasteiger charge is -2.38. The van der Waals surface area contributed by atoms with Crippen LogP contribution in [0.3, 0.4) is 0 Å². The third-order valence-electron chi connectivity index (χ3n) is 7.38. The number of halogens is 1. The van der Waals surface area contributed by atoms with Crippen molar-refractivity contribution < 1.29 is 4.74 Å². The van der Waals surface area contributed by atoms with Crippen molar-refractivity contribution in [3.8, 4) is 0 Å². The molecule has 0 unspecified atom stereocenters. The highest BCUT2D eigenvalue weighted by Gasteiger charge is 2.24. The van der Waals surface area contributed by atoms with Gasteiger partial charge < -0.3 is 19.9 Å². The van der Waals surface area contributed by atoms with Crippen LogP contribution in [-0.4, -0.2) is 54.8 Å². The van der Waals surface area contributed by atoms with Crippen molar-refractivity contribution >= 4 is 40.2 Å². The second kappa shape index (κ2) is 11.5. The molecule has 0 bridgehead atoms. The van der Waals surface area contributed by atoms with E-state index >= 15 is 0 Å². The van der Waals surface area contributed by atoms with E-state index in [2.05, 4.69) is 72.3 Å². The minimum absolute atomic E-state index is 0.189. The van der Waals surface area contributed by atoms with Crippen molar-refractivity contribution in [3.05, 3.63) is 58.6 Å². The molecular formula is C29H40ClN3OS. The van der Waals surface area contributed by atoms with Gasteiger partial charge in [0.2, 0.25) is 0 Å². The Bertz CT molecular complexity index is 988. The van der Waals surface area contributed by atoms with E-state index < -0.39 is 0 Å². The number of hydrogen-bond acceptors (Lipinski definition) is 4. The van der Waals surface area contributed by atoms with E-state index in [1.54, 1.807) is 0 Å². The number of thiocarbonyl (C=S) groups is 1. The van der Waals surface area contributed by atoms with Gasteiger partial charge in [0.05, 0.1) is 12.7 Å². The molecule has 6 heteroatoms. The van der Waals surface area contributed by atoms with E-state index in [-0.39, 0.29) is 5.41 Å². The number of nitrogens with zero attached hydrogens (tertiary/aromatic N) is 2. The third kappa shape index (κ3) is 7.12. The third-order valence-corrected chi connectivity index (χ3v) is 8.18. The van der Waals surface area contributed by atoms with Gasteiger partial charge in [-0.25, -0.2) is 0 Å². The number of aryl methyl sites for hydroxylation is 1. The molecule has 1 saturated heterocycles. The Labute approximate surface area is 222 Å². The second-order valence-electron chi connectivity index (χ2n) is 11.1. The smallest absolute Gasteiger partial charge is 0.104 e. The summed E-state index contributed by atoms with van der Waals surface area (Å²) in [6, 6.07) is 15.7. The van der Waals surface area contributed by atoms with Crippen LogP contribution >= 0.6 is 23.8 Å². The van der Waals surface area contributed by atoms with Crippen LogP contribution in [0.25, 0.3) is 0 Å². The van der Waals surface area contributed by atoms with Gasteiger partial charge in [-0.05, 0) is 79.5 Å². The molecule has 0 atom stereocenters. The zero-order chi connectivity index (χ0) is 25.0. The summed E-state index contributed by atoms with van der Waals surface area (Å²) in [4.78, 5) is 5.73. The van der Waals surface area contributed by atoms with Crippen LogP contribution in [0.2, 0.25) is 5.02 Å². The number of rotatable bonds is 6. The molecular weight excluding hydrogens is 474 g/mol. The van der Waals surface area contributed by atoms with Gasteiger partial charge in [-0.3, -0.25) is 0 Å². The molecule has 2 aliphatic rings. The number of ether oxygens (including phenoxy) is 1. The van der Waals surface area contributed by atoms with Crippen LogP contribution in [0.5, 0.6) is 0 Å². The van der Waals surface area contributed by atoms with Gasteiger partial charge in [-0.2, -0.15) is 0 Å². The van der Waals surface area contributed by atoms with Crippen molar-refractivity contribution in [1.82, 2.24) is 4.90 Å². The Morgan fingerprint density at radius 3 is 2.26 bits per heavy atom. The van der Waals surface area contributed by atoms with E-state index in [0.717, 1.165) is 73.1 Å². The van der Waals surface area contributed by atoms with Crippen molar-refractivity contribution in [2.24, 2.45) is 0 Å². The van der Waals surface area contributed by atoms with Crippen LogP contribution in [0.4, 0.5) is 11.4 Å². The highest BCUT2D eigenvalue weighted by Crippen LogP contribution is 2.27. The first-order valence-corrected chi connectivity index (χ1v) is 13.8. The van der Waals surface area contributed by atoms with E-state index in [9.17, 15) is 0 Å². The molecule has 190 valence electrons. The zero-order valence-corrected chi connectivity index (χ0v) is 23.2. The minimum Gasteiger partial charge on any atom is -0.382 e. The predicted octanol–water partition coefficient (Wildman–Crippen LogP) is 6.84. The van der Waals surface area contributed by atoms with Crippen LogP contribution in [0, 0.1) is 6.92 Å². The number of nitrogens with one attached hydrogen (secondary N) is 1. The molecule has 0 aromatic heterocycles. The predicted molar refractivity (Wildman–Crippen MR) is 153 cm³/mol. The molecule has 1 N–H and O–H groups in total. The molecule has 35 heavy (non-hydrogen) atoms. The summed E-state index contributed by atoms with van der Waals surface area (Å²) in [5.74, 6) is 0. The molecule has 0 spiro atoms. The summed E-state index contributed by atoms with van der Waals surface area (Å²) in [5.41, 5.74) is 5.14. The molecule has 1 heterocycles. The maximum atomic E-state index is 6.25. The molecule has 1 aliphatic heterocycles. The van der Waals surface area contributed by atoms with Crippen LogP contribution in [0.15, 0.2) is 42.5 Å². The first kappa shape index (κ1) is 26.2. The van der Waals surface area contributed by atoms with Crippen LogP contribution in [0.1, 0.15) is 57.6 Å². The summed E-state index contributed by atoms with van der Waals surface area (Å²) in [7, 11) is 0. The average Bonchev–Trinajstić information content (AvgIpc) is 2.85. The van der Waals surface area contributed by atoms with Crippen molar-refractivity contribution in [2.75, 3.05) is 43.0 Å². The molecule has 2 aromatic rings. The molecule has 1 aliphatic carbocycles. The highest BCUT2D eigenvalue weighted by molar-refractivity contribution is 7.80. The second-order valence-corrected chi connectivity index (χ2v) is 11.9. The van der Waals surface area contributed by atoms with E-state index in [0.29, 0.717) is 18.8 Å². The number of benzene rings is 2. The summed E-state index contributed by atoms with van der Waals surface area (Å²) in [6.07, 6.45) is 4.69. The SMILES string of the molecule is Cc1cc(NC2CCC(OCC(=S)N3CCN(c4ccc(C(C)(C)C)cc4)CC3)CC2)ccc1Cl. The number of hydrogen-bond donors (Lipinski definition) is 1. The van der Waals surface area contributed by atoms with Gasteiger partial charge in [0, 0.05) is 48.6 Å². The Hall–Kier alpha value is -1.82. The summed E-state index contributed by atoms with van der Waals surface area (Å²) in [6.45, 7) is 13.3. The first-order chi connectivity index (χ1) is 16.7. The average molecular weight is 514 g/mol. The molecule has 0 radical (unpaired) electrons. The molecule has 2 fully saturated rings. The Morgan fingerprint density at radius 2 is 1.66 bits per heavy atom. The monoisotopic (exact) mass is 513 g/mol. The highest BCUT2D eigenvalue weighted by atomic mass is 35.5. The fourth-order valence-corrected chi connectivity index (χ4v) is 5.38. The molecule has 1 saturated carbocycles. The lowest BCUT2D eigenvalue weighted by Crippen LogP contribution is -2.49. The Kier molecular flexibility index (Phi) is 8.62. The quantitative estimate of drug-likeness (QED) is 0.427. The van der Waals surface area contributed by atoms with Gasteiger partial charge >= 0.3 is 0 Å². The normalized spacial score (nSPS) is 21.2. The summed E-state index contributed by atoms with van der Waals surface area (Å²) < 4.78 is 6.25. The van der Waals surface area contributed by atoms with Gasteiger partial charge in [0.25, 0.3) is 0 Å². The van der Waals surface area contributed by atoms with Crippen molar-refractivity contribution in [1.29, 1.82) is 0 Å². The fraction of sp³-hybridized carbons (Fsp3) is 0.552. The summed E-state index contributed by atoms with van der Waals surface area (Å²) in [5, 5.41) is 4.48. The minimum atomic E-state index is 0.189. The van der Waals surface area contributed by atoms with Crippen molar-refractivity contribution in [2.45, 2.75) is 70.9 Å². The molecule has 4 nitrogen and oxygen atoms in total. The maximum Gasteiger partial charge on any atom is 0.104 e. The van der Waals surface area contributed by atoms with Gasteiger partial charge in [-0.15, -0.1) is 0 Å². The van der Waals surface area contributed by atoms with Crippen LogP contribution < -0.4 is 10.2 Å². The molecule has 2 aromatic carbocycles. The van der Waals surface area contributed by atoms with Gasteiger partial charge in [0.1, 0.15) is 4.99 Å². The first-order valence-electron chi connectivity index (χ1n) is 13.0. The largest absolute Gasteiger partial charge is 0.382 e. The lowest BCUT2D eigenvalue weighted by atomic mass is 9.87. The number of anilines is 2. The fourth-order valence-electron chi connectivity index (χ4n) is 5.01. The van der Waals surface area contributed by atoms with Gasteiger partial charge in [0.15, 0.2) is 0 Å². The molecule has 0 amide bonds. The Balaban J connectivity index is 1.16. The van der Waals surface area contributed by atoms with Crippen LogP contribution in [-0.2, 0) is 10.2 Å². The van der Waals surface area contributed by atoms with Gasteiger partial charge in [-0.1, -0.05) is 56.7 Å². The zero-order valence-electron chi connectivity index (χ0n) is 21.6. The van der Waals surface area contributed by atoms with E-state index in [1.807, 2.05) is 13.0 Å². The van der Waals surface area contributed by atoms with Crippen molar-refractivity contribution in [3.63, 3.8) is 0 Å². The standard InChI is InChI=1S/C29H40ClN3OS/c1-21-19-24(9-14-27(21)30)31-23-7-12-26(13-8-23)34-20-28(35)33-17-15-32(16-18-33)25-10-5-22(6-11-25)29(2,3)4/h5-6,9-11,14,19,23,26,31H,7-8,12-13,15-18,20H2,1-4H3. The topological polar surface area (TPSA) is 27.7 Å². The van der Waals surface area contributed by atoms with E-state index in [1.165, 1.54) is 11.3 Å². The molecule has 4 rings (SSSR count). The maximum absolute atomic E-state index is 6.25. The lowest BCUT2D eigenvalue weighted by molar-refractivity contribution is 0.0473. The summed E-state index contributed by atoms with van der Waals surface area (Å²) >= 11 is 11.9. The Morgan fingerprint density at radius 1 is 1.00 bits per heavy atom. The number of piperazine rings is 1.